The molecular formula is C21H24N2O5S. The Morgan fingerprint density at radius 3 is 2.45 bits per heavy atom. The summed E-state index contributed by atoms with van der Waals surface area (Å²) in [6.07, 6.45) is 0. The number of rotatable bonds is 9. The minimum atomic E-state index is -0.584. The molecule has 0 unspecified atom stereocenters. The zero-order chi connectivity index (χ0) is 21.6. The van der Waals surface area contributed by atoms with Crippen LogP contribution < -0.4 is 5.32 Å². The number of Topliss-reactive ketones (excluding diaryl/α,β-unsaturated/α-hetero) is 2. The van der Waals surface area contributed by atoms with Crippen LogP contribution in [0.1, 0.15) is 44.6 Å². The monoisotopic (exact) mass is 416 g/mol. The van der Waals surface area contributed by atoms with Gasteiger partial charge in [0.05, 0.1) is 17.2 Å². The lowest BCUT2D eigenvalue weighted by Gasteiger charge is -2.06. The third-order valence-corrected chi connectivity index (χ3v) is 5.09. The number of aryl methyl sites for hydroxylation is 2. The molecule has 154 valence electrons. The van der Waals surface area contributed by atoms with E-state index in [0.717, 1.165) is 17.3 Å². The lowest BCUT2D eigenvalue weighted by molar-refractivity contribution is -0.139. The average molecular weight is 416 g/mol. The van der Waals surface area contributed by atoms with E-state index in [0.29, 0.717) is 22.5 Å². The zero-order valence-electron chi connectivity index (χ0n) is 16.9. The van der Waals surface area contributed by atoms with Crippen molar-refractivity contribution in [3.63, 3.8) is 0 Å². The molecule has 2 N–H and O–H groups in total. The van der Waals surface area contributed by atoms with Crippen LogP contribution in [-0.2, 0) is 14.3 Å². The smallest absolute Gasteiger partial charge is 0.316 e. The van der Waals surface area contributed by atoms with Crippen LogP contribution in [0, 0.1) is 20.8 Å². The number of thioether (sulfide) groups is 1. The summed E-state index contributed by atoms with van der Waals surface area (Å²) in [6.45, 7) is 6.33. The van der Waals surface area contributed by atoms with Crippen molar-refractivity contribution < 1.29 is 23.9 Å². The second kappa shape index (κ2) is 10.1. The minimum Gasteiger partial charge on any atom is -0.457 e. The topological polar surface area (TPSA) is 105 Å². The molecule has 7 nitrogen and oxygen atoms in total. The summed E-state index contributed by atoms with van der Waals surface area (Å²) in [6, 6.07) is 7.42. The van der Waals surface area contributed by atoms with E-state index in [2.05, 4.69) is 10.3 Å². The zero-order valence-corrected chi connectivity index (χ0v) is 17.7. The van der Waals surface area contributed by atoms with Crippen molar-refractivity contribution in [1.82, 2.24) is 4.98 Å². The van der Waals surface area contributed by atoms with E-state index in [9.17, 15) is 19.2 Å². The predicted molar refractivity (Wildman–Crippen MR) is 113 cm³/mol. The molecule has 1 heterocycles. The van der Waals surface area contributed by atoms with Gasteiger partial charge >= 0.3 is 5.97 Å². The van der Waals surface area contributed by atoms with Gasteiger partial charge < -0.3 is 15.0 Å². The molecular weight excluding hydrogens is 392 g/mol. The first-order chi connectivity index (χ1) is 13.7. The SMILES string of the molecule is CC(=O)c1c(C)[nH]c(C(=O)COC(=O)CSCC(=O)Nc2cccc(C)c2)c1C. The number of hydrogen-bond donors (Lipinski definition) is 2. The van der Waals surface area contributed by atoms with Gasteiger partial charge in [0.1, 0.15) is 0 Å². The van der Waals surface area contributed by atoms with Gasteiger partial charge in [-0.25, -0.2) is 0 Å². The number of carbonyl (C=O) groups excluding carboxylic acids is 4. The molecule has 0 atom stereocenters. The number of ether oxygens (including phenoxy) is 1. The maximum Gasteiger partial charge on any atom is 0.316 e. The number of H-pyrrole nitrogens is 1. The van der Waals surface area contributed by atoms with Crippen LogP contribution in [0.4, 0.5) is 5.69 Å². The van der Waals surface area contributed by atoms with Crippen molar-refractivity contribution >= 4 is 40.9 Å². The lowest BCUT2D eigenvalue weighted by atomic mass is 10.1. The predicted octanol–water partition coefficient (Wildman–Crippen LogP) is 3.24. The van der Waals surface area contributed by atoms with Crippen molar-refractivity contribution in [1.29, 1.82) is 0 Å². The van der Waals surface area contributed by atoms with Crippen LogP contribution in [0.5, 0.6) is 0 Å². The second-order valence-corrected chi connectivity index (χ2v) is 7.66. The summed E-state index contributed by atoms with van der Waals surface area (Å²) in [5.41, 5.74) is 3.65. The fourth-order valence-corrected chi connectivity index (χ4v) is 3.57. The maximum absolute atomic E-state index is 12.3. The molecule has 29 heavy (non-hydrogen) atoms. The minimum absolute atomic E-state index is 0.0457. The van der Waals surface area contributed by atoms with Gasteiger partial charge in [-0.1, -0.05) is 12.1 Å². The Hall–Kier alpha value is -2.87. The molecule has 0 radical (unpaired) electrons. The van der Waals surface area contributed by atoms with E-state index < -0.39 is 18.4 Å². The summed E-state index contributed by atoms with van der Waals surface area (Å²) in [4.78, 5) is 50.6. The van der Waals surface area contributed by atoms with Crippen LogP contribution >= 0.6 is 11.8 Å². The van der Waals surface area contributed by atoms with Crippen LogP contribution in [0.3, 0.4) is 0 Å². The summed E-state index contributed by atoms with van der Waals surface area (Å²) >= 11 is 1.10. The van der Waals surface area contributed by atoms with Crippen molar-refractivity contribution in [2.24, 2.45) is 0 Å². The molecule has 2 rings (SSSR count). The van der Waals surface area contributed by atoms with Gasteiger partial charge in [-0.2, -0.15) is 0 Å². The summed E-state index contributed by atoms with van der Waals surface area (Å²) < 4.78 is 4.99. The third kappa shape index (κ3) is 6.32. The van der Waals surface area contributed by atoms with Gasteiger partial charge in [0.2, 0.25) is 11.7 Å². The van der Waals surface area contributed by atoms with Crippen LogP contribution in [0.2, 0.25) is 0 Å². The molecule has 8 heteroatoms. The van der Waals surface area contributed by atoms with E-state index in [4.69, 9.17) is 4.74 Å². The Kier molecular flexibility index (Phi) is 7.78. The Labute approximate surface area is 173 Å². The molecule has 2 aromatic rings. The highest BCUT2D eigenvalue weighted by Crippen LogP contribution is 2.19. The number of nitrogens with one attached hydrogen (secondary N) is 2. The van der Waals surface area contributed by atoms with E-state index in [-0.39, 0.29) is 28.9 Å². The number of amides is 1. The molecule has 0 aliphatic rings. The van der Waals surface area contributed by atoms with Gasteiger partial charge in [0.25, 0.3) is 0 Å². The fraction of sp³-hybridized carbons (Fsp3) is 0.333. The van der Waals surface area contributed by atoms with Gasteiger partial charge in [0.15, 0.2) is 12.4 Å². The molecule has 1 amide bonds. The second-order valence-electron chi connectivity index (χ2n) is 6.68. The van der Waals surface area contributed by atoms with Gasteiger partial charge in [-0.3, -0.25) is 19.2 Å². The number of aromatic nitrogens is 1. The number of anilines is 1. The average Bonchev–Trinajstić information content (AvgIpc) is 2.94. The van der Waals surface area contributed by atoms with Gasteiger partial charge in [0, 0.05) is 16.9 Å². The number of ketones is 2. The number of hydrogen-bond acceptors (Lipinski definition) is 6. The Balaban J connectivity index is 1.76. The molecule has 0 aliphatic heterocycles. The highest BCUT2D eigenvalue weighted by molar-refractivity contribution is 8.00. The Morgan fingerprint density at radius 1 is 1.10 bits per heavy atom. The van der Waals surface area contributed by atoms with Crippen molar-refractivity contribution in [2.45, 2.75) is 27.7 Å². The molecule has 0 saturated heterocycles. The highest BCUT2D eigenvalue weighted by Gasteiger charge is 2.20. The Morgan fingerprint density at radius 2 is 1.83 bits per heavy atom. The number of benzene rings is 1. The van der Waals surface area contributed by atoms with E-state index in [1.807, 2.05) is 25.1 Å². The number of esters is 1. The quantitative estimate of drug-likeness (QED) is 0.480. The molecule has 0 fully saturated rings. The molecule has 0 aliphatic carbocycles. The summed E-state index contributed by atoms with van der Waals surface area (Å²) in [5, 5.41) is 2.75. The largest absolute Gasteiger partial charge is 0.457 e. The maximum atomic E-state index is 12.3. The van der Waals surface area contributed by atoms with Crippen LogP contribution in [0.15, 0.2) is 24.3 Å². The van der Waals surface area contributed by atoms with E-state index in [1.165, 1.54) is 6.92 Å². The third-order valence-electron chi connectivity index (χ3n) is 4.19. The first-order valence-corrected chi connectivity index (χ1v) is 10.2. The first kappa shape index (κ1) is 22.4. The van der Waals surface area contributed by atoms with Crippen molar-refractivity contribution in [2.75, 3.05) is 23.4 Å². The summed E-state index contributed by atoms with van der Waals surface area (Å²) in [7, 11) is 0. The van der Waals surface area contributed by atoms with Gasteiger partial charge in [-0.15, -0.1) is 11.8 Å². The molecule has 1 aromatic carbocycles. The van der Waals surface area contributed by atoms with E-state index >= 15 is 0 Å². The molecule has 0 bridgehead atoms. The highest BCUT2D eigenvalue weighted by atomic mass is 32.2. The standard InChI is InChI=1S/C21H24N2O5S/c1-12-6-5-7-16(8-12)23-18(26)10-29-11-19(27)28-9-17(25)21-13(2)20(15(4)24)14(3)22-21/h5-8,22H,9-11H2,1-4H3,(H,23,26). The normalized spacial score (nSPS) is 10.5. The van der Waals surface area contributed by atoms with E-state index in [1.54, 1.807) is 19.9 Å². The lowest BCUT2D eigenvalue weighted by Crippen LogP contribution is -2.19. The summed E-state index contributed by atoms with van der Waals surface area (Å²) in [5.74, 6) is -1.30. The molecule has 1 aromatic heterocycles. The van der Waals surface area contributed by atoms with Crippen LogP contribution in [-0.4, -0.2) is 46.5 Å². The number of aromatic amines is 1. The van der Waals surface area contributed by atoms with Crippen molar-refractivity contribution in [3.8, 4) is 0 Å². The van der Waals surface area contributed by atoms with Crippen molar-refractivity contribution in [3.05, 3.63) is 52.3 Å². The van der Waals surface area contributed by atoms with Crippen LogP contribution in [0.25, 0.3) is 0 Å². The molecule has 0 saturated carbocycles. The first-order valence-electron chi connectivity index (χ1n) is 9.02. The number of carbonyl (C=O) groups is 4. The van der Waals surface area contributed by atoms with Gasteiger partial charge in [-0.05, 0) is 51.0 Å². The fourth-order valence-electron chi connectivity index (χ4n) is 2.96. The molecule has 0 spiro atoms. The Bertz CT molecular complexity index is 949.